The maximum absolute atomic E-state index is 5.49. The minimum Gasteiger partial charge on any atom is -0.303 e. The van der Waals surface area contributed by atoms with Crippen LogP contribution < -0.4 is 0 Å². The monoisotopic (exact) mass is 218 g/mol. The topological polar surface area (TPSA) is 18.5 Å². The molecule has 1 saturated heterocycles. The van der Waals surface area contributed by atoms with Gasteiger partial charge in [-0.1, -0.05) is 49.7 Å². The van der Waals surface area contributed by atoms with Crippen molar-refractivity contribution in [2.75, 3.05) is 0 Å². The molecule has 2 nitrogen and oxygen atoms in total. The third-order valence-corrected chi connectivity index (χ3v) is 3.99. The molecule has 0 radical (unpaired) electrons. The second-order valence-corrected chi connectivity index (χ2v) is 5.59. The van der Waals surface area contributed by atoms with Gasteiger partial charge in [0.05, 0.1) is 5.60 Å². The van der Waals surface area contributed by atoms with Crippen LogP contribution in [0, 0.1) is 0 Å². The summed E-state index contributed by atoms with van der Waals surface area (Å²) in [5.74, 6) is 0. The number of hydrogen-bond acceptors (Lipinski definition) is 2. The fraction of sp³-hybridized carbons (Fsp3) is 0.538. The molecular weight excluding hydrogens is 199 g/mol. The van der Waals surface area contributed by atoms with E-state index in [0.717, 1.165) is 6.32 Å². The Morgan fingerprint density at radius 3 is 2.19 bits per heavy atom. The van der Waals surface area contributed by atoms with E-state index in [4.69, 9.17) is 9.69 Å². The largest absolute Gasteiger partial charge is 0.353 e. The summed E-state index contributed by atoms with van der Waals surface area (Å²) in [6.45, 7) is 8.68. The Morgan fingerprint density at radius 2 is 1.69 bits per heavy atom. The van der Waals surface area contributed by atoms with Gasteiger partial charge in [0.2, 0.25) is 0 Å². The van der Waals surface area contributed by atoms with E-state index in [1.165, 1.54) is 5.56 Å². The normalized spacial score (nSPS) is 22.4. The molecule has 1 heterocycles. The number of benzene rings is 1. The lowest BCUT2D eigenvalue weighted by Gasteiger charge is -2.31. The maximum Gasteiger partial charge on any atom is 0.353 e. The van der Waals surface area contributed by atoms with Crippen LogP contribution in [0.3, 0.4) is 0 Å². The van der Waals surface area contributed by atoms with Gasteiger partial charge in [-0.05, 0) is 20.2 Å². The molecule has 86 valence electrons. The van der Waals surface area contributed by atoms with Crippen molar-refractivity contribution in [3.05, 3.63) is 35.9 Å². The summed E-state index contributed by atoms with van der Waals surface area (Å²) in [7, 11) is 0. The maximum atomic E-state index is 5.49. The summed E-state index contributed by atoms with van der Waals surface area (Å²) in [5.41, 5.74) is 1.06. The first kappa shape index (κ1) is 11.7. The lowest BCUT2D eigenvalue weighted by atomic mass is 9.40. The molecule has 0 saturated carbocycles. The molecule has 0 N–H and O–H groups in total. The Kier molecular flexibility index (Phi) is 2.85. The second kappa shape index (κ2) is 3.90. The lowest BCUT2D eigenvalue weighted by Crippen LogP contribution is -2.38. The molecule has 0 aliphatic carbocycles. The molecule has 0 spiro atoms. The van der Waals surface area contributed by atoms with E-state index >= 15 is 0 Å². The van der Waals surface area contributed by atoms with Crippen LogP contribution in [-0.4, -0.2) is 12.5 Å². The molecule has 1 fully saturated rings. The highest BCUT2D eigenvalue weighted by Gasteiger charge is 2.55. The smallest absolute Gasteiger partial charge is 0.303 e. The van der Waals surface area contributed by atoms with Gasteiger partial charge in [0.1, 0.15) is 0 Å². The van der Waals surface area contributed by atoms with Crippen LogP contribution in [0.1, 0.15) is 33.3 Å². The van der Waals surface area contributed by atoms with Gasteiger partial charge in [-0.15, -0.1) is 0 Å². The van der Waals surface area contributed by atoms with Crippen LogP contribution in [0.15, 0.2) is 30.3 Å². The Balaban J connectivity index is 2.13. The van der Waals surface area contributed by atoms with Gasteiger partial charge < -0.3 is 4.81 Å². The van der Waals surface area contributed by atoms with Crippen molar-refractivity contribution in [1.82, 2.24) is 0 Å². The first-order valence-electron chi connectivity index (χ1n) is 5.82. The van der Waals surface area contributed by atoms with Gasteiger partial charge >= 0.3 is 6.92 Å². The summed E-state index contributed by atoms with van der Waals surface area (Å²) in [5, 5.41) is 0.0167. The van der Waals surface area contributed by atoms with Gasteiger partial charge in [-0.25, -0.2) is 4.89 Å². The van der Waals surface area contributed by atoms with Crippen molar-refractivity contribution in [2.24, 2.45) is 0 Å². The highest BCUT2D eigenvalue weighted by atomic mass is 17.2. The fourth-order valence-electron chi connectivity index (χ4n) is 1.91. The zero-order valence-corrected chi connectivity index (χ0v) is 10.5. The van der Waals surface area contributed by atoms with E-state index in [1.54, 1.807) is 0 Å². The Labute approximate surface area is 98.0 Å². The molecular formula is C13H19BO2. The second-order valence-electron chi connectivity index (χ2n) is 5.59. The van der Waals surface area contributed by atoms with Gasteiger partial charge in [0.25, 0.3) is 0 Å². The quantitative estimate of drug-likeness (QED) is 0.560. The molecule has 2 rings (SSSR count). The van der Waals surface area contributed by atoms with Crippen molar-refractivity contribution < 1.29 is 9.69 Å². The summed E-state index contributed by atoms with van der Waals surface area (Å²) >= 11 is 0. The van der Waals surface area contributed by atoms with Gasteiger partial charge in [0.15, 0.2) is 0 Å². The van der Waals surface area contributed by atoms with Gasteiger partial charge in [-0.2, -0.15) is 0 Å². The van der Waals surface area contributed by atoms with Crippen molar-refractivity contribution in [3.63, 3.8) is 0 Å². The minimum absolute atomic E-state index is 0.0167. The highest BCUT2D eigenvalue weighted by Crippen LogP contribution is 2.49. The molecule has 3 heteroatoms. The van der Waals surface area contributed by atoms with E-state index in [9.17, 15) is 0 Å². The van der Waals surface area contributed by atoms with Crippen LogP contribution in [0.4, 0.5) is 0 Å². The van der Waals surface area contributed by atoms with E-state index in [2.05, 4.69) is 52.0 Å². The predicted molar refractivity (Wildman–Crippen MR) is 66.2 cm³/mol. The third kappa shape index (κ3) is 1.90. The summed E-state index contributed by atoms with van der Waals surface area (Å²) < 4.78 is 0. The van der Waals surface area contributed by atoms with Crippen LogP contribution in [0.5, 0.6) is 0 Å². The van der Waals surface area contributed by atoms with Crippen LogP contribution in [0.25, 0.3) is 0 Å². The summed E-state index contributed by atoms with van der Waals surface area (Å²) in [6.07, 6.45) is 0.900. The average Bonchev–Trinajstić information content (AvgIpc) is 2.43. The standard InChI is InChI=1S/C13H19BO2/c1-12(2)13(3,4)15-16-14(12)10-11-8-6-5-7-9-11/h5-9H,10H2,1-4H3. The molecule has 1 aliphatic rings. The molecule has 1 aromatic rings. The van der Waals surface area contributed by atoms with Crippen LogP contribution >= 0.6 is 0 Å². The van der Waals surface area contributed by atoms with Gasteiger partial charge in [-0.3, -0.25) is 0 Å². The first-order valence-corrected chi connectivity index (χ1v) is 5.82. The van der Waals surface area contributed by atoms with Crippen molar-refractivity contribution in [1.29, 1.82) is 0 Å². The lowest BCUT2D eigenvalue weighted by molar-refractivity contribution is -0.262. The molecule has 16 heavy (non-hydrogen) atoms. The Hall–Kier alpha value is -0.795. The van der Waals surface area contributed by atoms with E-state index < -0.39 is 0 Å². The van der Waals surface area contributed by atoms with E-state index in [1.807, 2.05) is 6.07 Å². The SMILES string of the molecule is CC1(C)OOB(Cc2ccccc2)C1(C)C. The molecule has 0 bridgehead atoms. The zero-order valence-electron chi connectivity index (χ0n) is 10.5. The summed E-state index contributed by atoms with van der Waals surface area (Å²) in [6, 6.07) is 10.4. The molecule has 0 aromatic heterocycles. The molecule has 1 aliphatic heterocycles. The molecule has 1 aromatic carbocycles. The minimum atomic E-state index is -0.230. The van der Waals surface area contributed by atoms with Crippen LogP contribution in [0.2, 0.25) is 5.31 Å². The fourth-order valence-corrected chi connectivity index (χ4v) is 1.91. The first-order chi connectivity index (χ1) is 7.43. The third-order valence-electron chi connectivity index (χ3n) is 3.99. The Morgan fingerprint density at radius 1 is 1.06 bits per heavy atom. The van der Waals surface area contributed by atoms with Gasteiger partial charge in [0, 0.05) is 5.31 Å². The highest BCUT2D eigenvalue weighted by molar-refractivity contribution is 6.55. The van der Waals surface area contributed by atoms with E-state index in [0.29, 0.717) is 0 Å². The Bertz CT molecular complexity index is 359. The van der Waals surface area contributed by atoms with Crippen molar-refractivity contribution in [3.8, 4) is 0 Å². The predicted octanol–water partition coefficient (Wildman–Crippen LogP) is 3.28. The molecule has 0 amide bonds. The van der Waals surface area contributed by atoms with Crippen LogP contribution in [-0.2, 0) is 16.0 Å². The average molecular weight is 218 g/mol. The van der Waals surface area contributed by atoms with Crippen molar-refractivity contribution >= 4 is 6.92 Å². The molecule has 0 atom stereocenters. The van der Waals surface area contributed by atoms with E-state index in [-0.39, 0.29) is 17.8 Å². The zero-order chi connectivity index (χ0) is 11.8. The summed E-state index contributed by atoms with van der Waals surface area (Å²) in [4.78, 5) is 10.9. The number of hydrogen-bond donors (Lipinski definition) is 0. The number of rotatable bonds is 2. The van der Waals surface area contributed by atoms with Crippen molar-refractivity contribution in [2.45, 2.75) is 44.9 Å². The molecule has 0 unspecified atom stereocenters.